The van der Waals surface area contributed by atoms with Crippen molar-refractivity contribution in [1.82, 2.24) is 5.32 Å². The molecule has 0 aliphatic rings. The Kier molecular flexibility index (Phi) is 5.56. The maximum absolute atomic E-state index is 12.0. The Balaban J connectivity index is 2.59. The highest BCUT2D eigenvalue weighted by Gasteiger charge is 2.31. The molecule has 2 N–H and O–H groups in total. The lowest BCUT2D eigenvalue weighted by molar-refractivity contribution is -0.274. The fourth-order valence-electron chi connectivity index (χ4n) is 1.54. The first-order valence-corrected chi connectivity index (χ1v) is 5.98. The van der Waals surface area contributed by atoms with E-state index in [9.17, 15) is 23.1 Å². The summed E-state index contributed by atoms with van der Waals surface area (Å²) >= 11 is 0. The minimum absolute atomic E-state index is 0.0334. The van der Waals surface area contributed by atoms with Crippen LogP contribution in [0, 0.1) is 0 Å². The van der Waals surface area contributed by atoms with Crippen molar-refractivity contribution < 1.29 is 32.5 Å². The lowest BCUT2D eigenvalue weighted by Gasteiger charge is -2.22. The maximum atomic E-state index is 12.0. The van der Waals surface area contributed by atoms with E-state index in [1.165, 1.54) is 26.2 Å². The molecule has 0 fully saturated rings. The number of carbonyl (C=O) groups excluding carboxylic acids is 1. The number of aliphatic hydroxyl groups is 1. The van der Waals surface area contributed by atoms with Crippen LogP contribution < -0.4 is 10.1 Å². The van der Waals surface area contributed by atoms with Gasteiger partial charge in [-0.25, -0.2) is 0 Å². The van der Waals surface area contributed by atoms with Gasteiger partial charge < -0.3 is 19.9 Å². The van der Waals surface area contributed by atoms with E-state index in [2.05, 4.69) is 10.1 Å². The van der Waals surface area contributed by atoms with Gasteiger partial charge in [-0.3, -0.25) is 4.79 Å². The quantitative estimate of drug-likeness (QED) is 0.839. The first-order valence-electron chi connectivity index (χ1n) is 5.98. The van der Waals surface area contributed by atoms with Gasteiger partial charge >= 0.3 is 6.36 Å². The Morgan fingerprint density at radius 1 is 1.29 bits per heavy atom. The second-order valence-corrected chi connectivity index (χ2v) is 4.68. The van der Waals surface area contributed by atoms with Crippen LogP contribution in [0.5, 0.6) is 5.75 Å². The van der Waals surface area contributed by atoms with E-state index in [1.807, 2.05) is 0 Å². The average Bonchev–Trinajstić information content (AvgIpc) is 2.35. The average molecular weight is 307 g/mol. The molecule has 1 aromatic carbocycles. The van der Waals surface area contributed by atoms with Gasteiger partial charge in [-0.1, -0.05) is 0 Å². The predicted octanol–water partition coefficient (Wildman–Crippen LogP) is 1.71. The van der Waals surface area contributed by atoms with Crippen molar-refractivity contribution in [2.45, 2.75) is 18.9 Å². The second kappa shape index (κ2) is 6.77. The molecular weight excluding hydrogens is 291 g/mol. The van der Waals surface area contributed by atoms with Crippen molar-refractivity contribution in [3.05, 3.63) is 29.8 Å². The molecule has 118 valence electrons. The SMILES string of the molecule is COCC(C)(O)CNC(=O)c1ccc(OC(F)(F)F)cc1. The predicted molar refractivity (Wildman–Crippen MR) is 68.0 cm³/mol. The summed E-state index contributed by atoms with van der Waals surface area (Å²) < 4.78 is 44.4. The third kappa shape index (κ3) is 6.46. The number of benzene rings is 1. The van der Waals surface area contributed by atoms with Crippen molar-refractivity contribution in [1.29, 1.82) is 0 Å². The number of alkyl halides is 3. The second-order valence-electron chi connectivity index (χ2n) is 4.68. The molecule has 0 aromatic heterocycles. The van der Waals surface area contributed by atoms with Crippen molar-refractivity contribution in [2.24, 2.45) is 0 Å². The van der Waals surface area contributed by atoms with Crippen LogP contribution in [-0.4, -0.2) is 43.2 Å². The molecular formula is C13H16F3NO4. The number of ether oxygens (including phenoxy) is 2. The van der Waals surface area contributed by atoms with Crippen LogP contribution in [0.4, 0.5) is 13.2 Å². The van der Waals surface area contributed by atoms with Crippen molar-refractivity contribution in [3.63, 3.8) is 0 Å². The zero-order chi connectivity index (χ0) is 16.1. The molecule has 1 aromatic rings. The van der Waals surface area contributed by atoms with Crippen LogP contribution in [0.3, 0.4) is 0 Å². The standard InChI is InChI=1S/C13H16F3NO4/c1-12(19,8-20-2)7-17-11(18)9-3-5-10(6-4-9)21-13(14,15)16/h3-6,19H,7-8H2,1-2H3,(H,17,18). The molecule has 0 aliphatic heterocycles. The monoisotopic (exact) mass is 307 g/mol. The number of hydrogen-bond donors (Lipinski definition) is 2. The van der Waals surface area contributed by atoms with E-state index in [1.54, 1.807) is 0 Å². The Morgan fingerprint density at radius 2 is 1.86 bits per heavy atom. The summed E-state index contributed by atoms with van der Waals surface area (Å²) in [4.78, 5) is 11.8. The van der Waals surface area contributed by atoms with Gasteiger partial charge in [0.25, 0.3) is 5.91 Å². The van der Waals surface area contributed by atoms with Crippen LogP contribution in [-0.2, 0) is 4.74 Å². The van der Waals surface area contributed by atoms with Gasteiger partial charge in [-0.15, -0.1) is 13.2 Å². The van der Waals surface area contributed by atoms with Gasteiger partial charge in [-0.05, 0) is 31.2 Å². The zero-order valence-electron chi connectivity index (χ0n) is 11.5. The van der Waals surface area contributed by atoms with Crippen LogP contribution in [0.25, 0.3) is 0 Å². The summed E-state index contributed by atoms with van der Waals surface area (Å²) in [6.45, 7) is 1.46. The highest BCUT2D eigenvalue weighted by molar-refractivity contribution is 5.94. The molecule has 0 saturated carbocycles. The van der Waals surface area contributed by atoms with Gasteiger partial charge in [0, 0.05) is 19.2 Å². The molecule has 1 unspecified atom stereocenters. The number of carbonyl (C=O) groups is 1. The third-order valence-electron chi connectivity index (χ3n) is 2.44. The van der Waals surface area contributed by atoms with Gasteiger partial charge in [0.05, 0.1) is 6.61 Å². The molecule has 1 amide bonds. The minimum Gasteiger partial charge on any atom is -0.406 e. The Labute approximate surface area is 119 Å². The Morgan fingerprint density at radius 3 is 2.33 bits per heavy atom. The van der Waals surface area contributed by atoms with Gasteiger partial charge in [-0.2, -0.15) is 0 Å². The van der Waals surface area contributed by atoms with Gasteiger partial charge in [0.15, 0.2) is 0 Å². The summed E-state index contributed by atoms with van der Waals surface area (Å²) in [5.74, 6) is -0.935. The summed E-state index contributed by atoms with van der Waals surface area (Å²) in [6.07, 6.45) is -4.78. The maximum Gasteiger partial charge on any atom is 0.573 e. The van der Waals surface area contributed by atoms with E-state index in [4.69, 9.17) is 4.74 Å². The Hall–Kier alpha value is -1.80. The lowest BCUT2D eigenvalue weighted by atomic mass is 10.1. The van der Waals surface area contributed by atoms with Crippen LogP contribution in [0.2, 0.25) is 0 Å². The van der Waals surface area contributed by atoms with E-state index in [0.717, 1.165) is 12.1 Å². The largest absolute Gasteiger partial charge is 0.573 e. The number of halogens is 3. The summed E-state index contributed by atoms with van der Waals surface area (Å²) in [6, 6.07) is 4.47. The first kappa shape index (κ1) is 17.3. The van der Waals surface area contributed by atoms with E-state index < -0.39 is 23.6 Å². The fourth-order valence-corrected chi connectivity index (χ4v) is 1.54. The number of rotatable bonds is 6. The summed E-state index contributed by atoms with van der Waals surface area (Å²) in [5.41, 5.74) is -1.08. The first-order chi connectivity index (χ1) is 9.63. The molecule has 0 saturated heterocycles. The Bertz CT molecular complexity index is 471. The van der Waals surface area contributed by atoms with Crippen LogP contribution in [0.15, 0.2) is 24.3 Å². The lowest BCUT2D eigenvalue weighted by Crippen LogP contribution is -2.43. The normalized spacial score (nSPS) is 14.4. The highest BCUT2D eigenvalue weighted by Crippen LogP contribution is 2.22. The smallest absolute Gasteiger partial charge is 0.406 e. The zero-order valence-corrected chi connectivity index (χ0v) is 11.5. The fraction of sp³-hybridized carbons (Fsp3) is 0.462. The molecule has 5 nitrogen and oxygen atoms in total. The molecule has 0 bridgehead atoms. The van der Waals surface area contributed by atoms with E-state index >= 15 is 0 Å². The number of hydrogen-bond acceptors (Lipinski definition) is 4. The number of nitrogens with one attached hydrogen (secondary N) is 1. The van der Waals surface area contributed by atoms with Crippen LogP contribution in [0.1, 0.15) is 17.3 Å². The number of amides is 1. The molecule has 1 rings (SSSR count). The molecule has 1 atom stereocenters. The number of methoxy groups -OCH3 is 1. The van der Waals surface area contributed by atoms with E-state index in [0.29, 0.717) is 0 Å². The van der Waals surface area contributed by atoms with Gasteiger partial charge in [0.1, 0.15) is 11.4 Å². The van der Waals surface area contributed by atoms with Crippen molar-refractivity contribution in [3.8, 4) is 5.75 Å². The molecule has 0 radical (unpaired) electrons. The molecule has 21 heavy (non-hydrogen) atoms. The van der Waals surface area contributed by atoms with Crippen molar-refractivity contribution in [2.75, 3.05) is 20.3 Å². The molecule has 0 heterocycles. The highest BCUT2D eigenvalue weighted by atomic mass is 19.4. The molecule has 0 aliphatic carbocycles. The topological polar surface area (TPSA) is 67.8 Å². The van der Waals surface area contributed by atoms with Gasteiger partial charge in [0.2, 0.25) is 0 Å². The summed E-state index contributed by atoms with van der Waals surface area (Å²) in [5, 5.41) is 12.3. The van der Waals surface area contributed by atoms with E-state index in [-0.39, 0.29) is 18.7 Å². The third-order valence-corrected chi connectivity index (χ3v) is 2.44. The summed E-state index contributed by atoms with van der Waals surface area (Å²) in [7, 11) is 1.41. The van der Waals surface area contributed by atoms with Crippen LogP contribution >= 0.6 is 0 Å². The van der Waals surface area contributed by atoms with Crippen molar-refractivity contribution >= 4 is 5.91 Å². The molecule has 0 spiro atoms. The minimum atomic E-state index is -4.78. The molecule has 8 heteroatoms.